The fourth-order valence-corrected chi connectivity index (χ4v) is 2.65. The van der Waals surface area contributed by atoms with Crippen molar-refractivity contribution in [2.75, 3.05) is 0 Å². The van der Waals surface area contributed by atoms with Crippen LogP contribution in [0.15, 0.2) is 52.3 Å². The zero-order valence-corrected chi connectivity index (χ0v) is 11.6. The van der Waals surface area contributed by atoms with Gasteiger partial charge in [0.05, 0.1) is 4.92 Å². The number of nitrogen functional groups attached to an aromatic ring is 1. The van der Waals surface area contributed by atoms with Gasteiger partial charge in [-0.3, -0.25) is 15.5 Å². The van der Waals surface area contributed by atoms with Crippen LogP contribution in [0.25, 0.3) is 0 Å². The highest BCUT2D eigenvalue weighted by Crippen LogP contribution is 2.31. The lowest BCUT2D eigenvalue weighted by molar-refractivity contribution is -0.384. The van der Waals surface area contributed by atoms with Gasteiger partial charge in [-0.15, -0.1) is 0 Å². The molecule has 102 valence electrons. The molecule has 0 radical (unpaired) electrons. The second-order valence-electron chi connectivity index (χ2n) is 4.27. The second kappa shape index (κ2) is 5.75. The molecule has 6 heteroatoms. The average Bonchev–Trinajstić information content (AvgIpc) is 2.41. The number of hydrogen-bond donors (Lipinski definition) is 2. The Morgan fingerprint density at radius 1 is 1.25 bits per heavy atom. The van der Waals surface area contributed by atoms with E-state index in [-0.39, 0.29) is 11.5 Å². The maximum atomic E-state index is 10.6. The molecule has 0 unspecified atom stereocenters. The van der Waals surface area contributed by atoms with E-state index in [0.29, 0.717) is 5.56 Å². The standard InChI is InChI=1S/C14H13N3O2S/c1-9-2-7-13(12(8-9)14(15)16)20-11-5-3-10(4-6-11)17(18)19/h2-8H,1H3,(H3,15,16). The molecular formula is C14H13N3O2S. The Hall–Kier alpha value is -2.34. The van der Waals surface area contributed by atoms with Gasteiger partial charge in [0, 0.05) is 27.5 Å². The van der Waals surface area contributed by atoms with Crippen molar-refractivity contribution in [2.24, 2.45) is 5.73 Å². The Balaban J connectivity index is 2.30. The fraction of sp³-hybridized carbons (Fsp3) is 0.0714. The van der Waals surface area contributed by atoms with Crippen molar-refractivity contribution in [3.8, 4) is 0 Å². The minimum absolute atomic E-state index is 0.0121. The van der Waals surface area contributed by atoms with Crippen molar-refractivity contribution in [2.45, 2.75) is 16.7 Å². The van der Waals surface area contributed by atoms with Gasteiger partial charge in [-0.25, -0.2) is 0 Å². The minimum atomic E-state index is -0.429. The molecular weight excluding hydrogens is 274 g/mol. The van der Waals surface area contributed by atoms with Gasteiger partial charge in [0.15, 0.2) is 0 Å². The molecule has 0 aromatic heterocycles. The number of amidine groups is 1. The minimum Gasteiger partial charge on any atom is -0.384 e. The van der Waals surface area contributed by atoms with Gasteiger partial charge in [0.25, 0.3) is 5.69 Å². The summed E-state index contributed by atoms with van der Waals surface area (Å²) in [7, 11) is 0. The molecule has 2 rings (SSSR count). The molecule has 2 aromatic rings. The summed E-state index contributed by atoms with van der Waals surface area (Å²) in [5, 5.41) is 18.2. The lowest BCUT2D eigenvalue weighted by Gasteiger charge is -2.08. The zero-order chi connectivity index (χ0) is 14.7. The molecule has 20 heavy (non-hydrogen) atoms. The first-order valence-corrected chi connectivity index (χ1v) is 6.66. The predicted molar refractivity (Wildman–Crippen MR) is 79.4 cm³/mol. The van der Waals surface area contributed by atoms with Crippen molar-refractivity contribution >= 4 is 23.3 Å². The summed E-state index contributed by atoms with van der Waals surface area (Å²) in [4.78, 5) is 11.9. The van der Waals surface area contributed by atoms with Crippen LogP contribution < -0.4 is 5.73 Å². The topological polar surface area (TPSA) is 93.0 Å². The van der Waals surface area contributed by atoms with Crippen molar-refractivity contribution in [3.05, 3.63) is 63.7 Å². The number of aryl methyl sites for hydroxylation is 1. The molecule has 0 atom stereocenters. The molecule has 5 nitrogen and oxygen atoms in total. The molecule has 0 aliphatic rings. The summed E-state index contributed by atoms with van der Waals surface area (Å²) in [5.41, 5.74) is 7.35. The van der Waals surface area contributed by atoms with E-state index >= 15 is 0 Å². The summed E-state index contributed by atoms with van der Waals surface area (Å²) in [6.45, 7) is 1.94. The van der Waals surface area contributed by atoms with Crippen molar-refractivity contribution in [1.82, 2.24) is 0 Å². The van der Waals surface area contributed by atoms with Crippen LogP contribution in [0.2, 0.25) is 0 Å². The number of benzene rings is 2. The van der Waals surface area contributed by atoms with Crippen LogP contribution in [0.5, 0.6) is 0 Å². The van der Waals surface area contributed by atoms with Crippen LogP contribution in [0.1, 0.15) is 11.1 Å². The first-order chi connectivity index (χ1) is 9.47. The Kier molecular flexibility index (Phi) is 4.05. The maximum Gasteiger partial charge on any atom is 0.269 e. The molecule has 0 saturated carbocycles. The van der Waals surface area contributed by atoms with Gasteiger partial charge in [-0.1, -0.05) is 23.4 Å². The third-order valence-electron chi connectivity index (χ3n) is 2.70. The molecule has 0 fully saturated rings. The van der Waals surface area contributed by atoms with Gasteiger partial charge < -0.3 is 5.73 Å². The van der Waals surface area contributed by atoms with Crippen molar-refractivity contribution in [3.63, 3.8) is 0 Å². The molecule has 3 N–H and O–H groups in total. The number of nitrogens with one attached hydrogen (secondary N) is 1. The van der Waals surface area contributed by atoms with Gasteiger partial charge >= 0.3 is 0 Å². The largest absolute Gasteiger partial charge is 0.384 e. The smallest absolute Gasteiger partial charge is 0.269 e. The summed E-state index contributed by atoms with van der Waals surface area (Å²) >= 11 is 1.43. The molecule has 0 aliphatic carbocycles. The van der Waals surface area contributed by atoms with Crippen LogP contribution in [-0.2, 0) is 0 Å². The highest BCUT2D eigenvalue weighted by molar-refractivity contribution is 7.99. The van der Waals surface area contributed by atoms with Crippen molar-refractivity contribution < 1.29 is 4.92 Å². The third-order valence-corrected chi connectivity index (χ3v) is 3.78. The van der Waals surface area contributed by atoms with Crippen LogP contribution in [-0.4, -0.2) is 10.8 Å². The summed E-state index contributed by atoms with van der Waals surface area (Å²) in [6.07, 6.45) is 0. The quantitative estimate of drug-likeness (QED) is 0.390. The van der Waals surface area contributed by atoms with Gasteiger partial charge in [0.1, 0.15) is 5.84 Å². The monoisotopic (exact) mass is 287 g/mol. The van der Waals surface area contributed by atoms with E-state index in [4.69, 9.17) is 11.1 Å². The lowest BCUT2D eigenvalue weighted by atomic mass is 10.1. The number of nitrogens with zero attached hydrogens (tertiary/aromatic N) is 1. The number of rotatable bonds is 4. The van der Waals surface area contributed by atoms with Crippen molar-refractivity contribution in [1.29, 1.82) is 5.41 Å². The molecule has 0 heterocycles. The van der Waals surface area contributed by atoms with Gasteiger partial charge in [-0.05, 0) is 31.2 Å². The average molecular weight is 287 g/mol. The molecule has 0 amide bonds. The highest BCUT2D eigenvalue weighted by Gasteiger charge is 2.09. The van der Waals surface area contributed by atoms with E-state index in [9.17, 15) is 10.1 Å². The summed E-state index contributed by atoms with van der Waals surface area (Å²) < 4.78 is 0. The number of nitro groups is 1. The van der Waals surface area contributed by atoms with Crippen LogP contribution in [0.3, 0.4) is 0 Å². The number of nitro benzene ring substituents is 1. The van der Waals surface area contributed by atoms with E-state index < -0.39 is 4.92 Å². The first kappa shape index (κ1) is 14.1. The normalized spacial score (nSPS) is 10.2. The first-order valence-electron chi connectivity index (χ1n) is 5.85. The van der Waals surface area contributed by atoms with Crippen LogP contribution >= 0.6 is 11.8 Å². The summed E-state index contributed by atoms with van der Waals surface area (Å²) in [6, 6.07) is 12.0. The van der Waals surface area contributed by atoms with E-state index in [1.807, 2.05) is 25.1 Å². The van der Waals surface area contributed by atoms with Gasteiger partial charge in [0.2, 0.25) is 0 Å². The molecule has 0 saturated heterocycles. The number of non-ortho nitro benzene ring substituents is 1. The highest BCUT2D eigenvalue weighted by atomic mass is 32.2. The Labute approximate surface area is 120 Å². The van der Waals surface area contributed by atoms with E-state index in [2.05, 4.69) is 0 Å². The molecule has 2 aromatic carbocycles. The van der Waals surface area contributed by atoms with E-state index in [1.54, 1.807) is 12.1 Å². The Morgan fingerprint density at radius 2 is 1.90 bits per heavy atom. The van der Waals surface area contributed by atoms with Crippen LogP contribution in [0.4, 0.5) is 5.69 Å². The number of hydrogen-bond acceptors (Lipinski definition) is 4. The fourth-order valence-electron chi connectivity index (χ4n) is 1.71. The lowest BCUT2D eigenvalue weighted by Crippen LogP contribution is -2.12. The van der Waals surface area contributed by atoms with Crippen LogP contribution in [0, 0.1) is 22.4 Å². The number of nitrogens with two attached hydrogens (primary N) is 1. The second-order valence-corrected chi connectivity index (χ2v) is 5.38. The molecule has 0 spiro atoms. The SMILES string of the molecule is Cc1ccc(Sc2ccc([N+](=O)[O-])cc2)c(C(=N)N)c1. The van der Waals surface area contributed by atoms with E-state index in [0.717, 1.165) is 15.4 Å². The predicted octanol–water partition coefficient (Wildman–Crippen LogP) is 3.34. The summed E-state index contributed by atoms with van der Waals surface area (Å²) in [5.74, 6) is 0.0121. The Bertz CT molecular complexity index is 669. The molecule has 0 bridgehead atoms. The third kappa shape index (κ3) is 3.16. The Morgan fingerprint density at radius 3 is 2.45 bits per heavy atom. The van der Waals surface area contributed by atoms with E-state index in [1.165, 1.54) is 23.9 Å². The molecule has 0 aliphatic heterocycles. The maximum absolute atomic E-state index is 10.6. The van der Waals surface area contributed by atoms with Gasteiger partial charge in [-0.2, -0.15) is 0 Å². The zero-order valence-electron chi connectivity index (χ0n) is 10.8.